The molecule has 3 rings (SSSR count). The van der Waals surface area contributed by atoms with Crippen LogP contribution >= 0.6 is 34.5 Å². The van der Waals surface area contributed by atoms with Crippen molar-refractivity contribution in [3.8, 4) is 10.6 Å². The van der Waals surface area contributed by atoms with Crippen LogP contribution in [0.3, 0.4) is 0 Å². The van der Waals surface area contributed by atoms with E-state index < -0.39 is 0 Å². The molecule has 1 aromatic heterocycles. The first-order chi connectivity index (χ1) is 10.9. The molecule has 0 aliphatic carbocycles. The Labute approximate surface area is 148 Å². The number of aromatic nitrogens is 1. The maximum absolute atomic E-state index is 11.8. The zero-order valence-corrected chi connectivity index (χ0v) is 14.9. The number of carbonyl (C=O) groups excluding carboxylic acids is 1. The van der Waals surface area contributed by atoms with Gasteiger partial charge in [0.15, 0.2) is 0 Å². The van der Waals surface area contributed by atoms with Crippen LogP contribution in [0.15, 0.2) is 36.4 Å². The molecular formula is C17H14Cl2N2OS. The van der Waals surface area contributed by atoms with Gasteiger partial charge in [0, 0.05) is 17.2 Å². The van der Waals surface area contributed by atoms with Crippen LogP contribution in [0.2, 0.25) is 10.0 Å². The van der Waals surface area contributed by atoms with Crippen LogP contribution in [0, 0.1) is 5.92 Å². The van der Waals surface area contributed by atoms with Crippen molar-refractivity contribution in [1.82, 2.24) is 4.98 Å². The fraction of sp³-hybridized carbons (Fsp3) is 0.176. The van der Waals surface area contributed by atoms with E-state index in [0.29, 0.717) is 10.0 Å². The van der Waals surface area contributed by atoms with Crippen LogP contribution in [0.5, 0.6) is 0 Å². The molecule has 118 valence electrons. The van der Waals surface area contributed by atoms with Crippen molar-refractivity contribution in [1.29, 1.82) is 0 Å². The lowest BCUT2D eigenvalue weighted by molar-refractivity contribution is -0.118. The van der Waals surface area contributed by atoms with E-state index in [1.54, 1.807) is 17.4 Å². The lowest BCUT2D eigenvalue weighted by Gasteiger charge is -2.06. The molecule has 0 unspecified atom stereocenters. The molecule has 0 fully saturated rings. The molecule has 0 radical (unpaired) electrons. The fourth-order valence-electron chi connectivity index (χ4n) is 2.04. The molecule has 0 aliphatic heterocycles. The van der Waals surface area contributed by atoms with Crippen molar-refractivity contribution in [2.45, 2.75) is 13.8 Å². The molecule has 0 aliphatic rings. The Bertz CT molecular complexity index is 889. The lowest BCUT2D eigenvalue weighted by atomic mass is 10.2. The number of halogens is 2. The van der Waals surface area contributed by atoms with E-state index in [2.05, 4.69) is 10.3 Å². The minimum absolute atomic E-state index is 0.00992. The van der Waals surface area contributed by atoms with Crippen molar-refractivity contribution < 1.29 is 4.79 Å². The first-order valence-corrected chi connectivity index (χ1v) is 8.68. The molecule has 0 bridgehead atoms. The standard InChI is InChI=1S/C17H14Cl2N2OS/c1-9(2)16(22)20-11-4-6-15-14(8-11)21-17(23-15)10-3-5-12(18)13(19)7-10/h3-9H,1-2H3,(H,20,22). The topological polar surface area (TPSA) is 42.0 Å². The summed E-state index contributed by atoms with van der Waals surface area (Å²) < 4.78 is 1.05. The lowest BCUT2D eigenvalue weighted by Crippen LogP contribution is -2.17. The van der Waals surface area contributed by atoms with Crippen molar-refractivity contribution >= 4 is 56.3 Å². The van der Waals surface area contributed by atoms with Crippen LogP contribution in [-0.2, 0) is 4.79 Å². The number of nitrogens with one attached hydrogen (secondary N) is 1. The van der Waals surface area contributed by atoms with Crippen LogP contribution < -0.4 is 5.32 Å². The number of hydrogen-bond donors (Lipinski definition) is 1. The Balaban J connectivity index is 1.95. The van der Waals surface area contributed by atoms with Gasteiger partial charge in [-0.05, 0) is 30.3 Å². The summed E-state index contributed by atoms with van der Waals surface area (Å²) in [6.45, 7) is 3.72. The summed E-state index contributed by atoms with van der Waals surface area (Å²) in [7, 11) is 0. The van der Waals surface area contributed by atoms with Gasteiger partial charge in [0.05, 0.1) is 20.3 Å². The largest absolute Gasteiger partial charge is 0.326 e. The average molecular weight is 365 g/mol. The maximum atomic E-state index is 11.8. The first kappa shape index (κ1) is 16.2. The predicted molar refractivity (Wildman–Crippen MR) is 98.5 cm³/mol. The second kappa shape index (κ2) is 6.48. The number of anilines is 1. The average Bonchev–Trinajstić information content (AvgIpc) is 2.93. The van der Waals surface area contributed by atoms with Gasteiger partial charge in [-0.3, -0.25) is 4.79 Å². The van der Waals surface area contributed by atoms with Gasteiger partial charge in [-0.1, -0.05) is 43.1 Å². The summed E-state index contributed by atoms with van der Waals surface area (Å²) in [6, 6.07) is 11.2. The van der Waals surface area contributed by atoms with Crippen molar-refractivity contribution in [2.75, 3.05) is 5.32 Å². The molecule has 2 aromatic carbocycles. The van der Waals surface area contributed by atoms with Gasteiger partial charge in [0.25, 0.3) is 0 Å². The predicted octanol–water partition coefficient (Wildman–Crippen LogP) is 5.86. The van der Waals surface area contributed by atoms with E-state index in [9.17, 15) is 4.79 Å². The number of thiazole rings is 1. The summed E-state index contributed by atoms with van der Waals surface area (Å²) in [4.78, 5) is 16.4. The Hall–Kier alpha value is -1.62. The normalized spacial score (nSPS) is 11.2. The molecule has 1 heterocycles. The Morgan fingerprint density at radius 1 is 1.13 bits per heavy atom. The SMILES string of the molecule is CC(C)C(=O)Nc1ccc2sc(-c3ccc(Cl)c(Cl)c3)nc2c1. The van der Waals surface area contributed by atoms with Crippen molar-refractivity contribution in [3.05, 3.63) is 46.4 Å². The summed E-state index contributed by atoms with van der Waals surface area (Å²) in [5, 5.41) is 4.78. The molecule has 1 N–H and O–H groups in total. The molecular weight excluding hydrogens is 351 g/mol. The molecule has 1 amide bonds. The number of benzene rings is 2. The third kappa shape index (κ3) is 3.50. The molecule has 0 spiro atoms. The van der Waals surface area contributed by atoms with Gasteiger partial charge >= 0.3 is 0 Å². The monoisotopic (exact) mass is 364 g/mol. The van der Waals surface area contributed by atoms with Crippen LogP contribution in [0.25, 0.3) is 20.8 Å². The zero-order chi connectivity index (χ0) is 16.6. The Morgan fingerprint density at radius 2 is 1.91 bits per heavy atom. The van der Waals surface area contributed by atoms with E-state index in [-0.39, 0.29) is 11.8 Å². The van der Waals surface area contributed by atoms with Gasteiger partial charge < -0.3 is 5.32 Å². The highest BCUT2D eigenvalue weighted by Gasteiger charge is 2.11. The summed E-state index contributed by atoms with van der Waals surface area (Å²) in [5.74, 6) is -0.0720. The number of hydrogen-bond acceptors (Lipinski definition) is 3. The van der Waals surface area contributed by atoms with E-state index >= 15 is 0 Å². The third-order valence-corrected chi connectivity index (χ3v) is 5.17. The minimum Gasteiger partial charge on any atom is -0.326 e. The molecule has 23 heavy (non-hydrogen) atoms. The zero-order valence-electron chi connectivity index (χ0n) is 12.6. The number of carbonyl (C=O) groups is 1. The highest BCUT2D eigenvalue weighted by molar-refractivity contribution is 7.21. The second-order valence-electron chi connectivity index (χ2n) is 5.47. The van der Waals surface area contributed by atoms with Crippen LogP contribution in [0.1, 0.15) is 13.8 Å². The number of amides is 1. The quantitative estimate of drug-likeness (QED) is 0.631. The van der Waals surface area contributed by atoms with Crippen LogP contribution in [0.4, 0.5) is 5.69 Å². The fourth-order valence-corrected chi connectivity index (χ4v) is 3.28. The van der Waals surface area contributed by atoms with E-state index in [1.807, 2.05) is 44.2 Å². The van der Waals surface area contributed by atoms with Crippen molar-refractivity contribution in [3.63, 3.8) is 0 Å². The van der Waals surface area contributed by atoms with Gasteiger partial charge in [-0.15, -0.1) is 11.3 Å². The summed E-state index contributed by atoms with van der Waals surface area (Å²) in [5.41, 5.74) is 2.52. The molecule has 0 saturated heterocycles. The van der Waals surface area contributed by atoms with Crippen molar-refractivity contribution in [2.24, 2.45) is 5.92 Å². The first-order valence-electron chi connectivity index (χ1n) is 7.11. The third-order valence-electron chi connectivity index (χ3n) is 3.35. The molecule has 3 aromatic rings. The Morgan fingerprint density at radius 3 is 2.61 bits per heavy atom. The highest BCUT2D eigenvalue weighted by atomic mass is 35.5. The minimum atomic E-state index is -0.0621. The van der Waals surface area contributed by atoms with E-state index in [4.69, 9.17) is 23.2 Å². The van der Waals surface area contributed by atoms with Gasteiger partial charge in [0.2, 0.25) is 5.91 Å². The van der Waals surface area contributed by atoms with E-state index in [1.165, 1.54) is 0 Å². The Kier molecular flexibility index (Phi) is 4.57. The smallest absolute Gasteiger partial charge is 0.226 e. The van der Waals surface area contributed by atoms with Gasteiger partial charge in [-0.25, -0.2) is 4.98 Å². The molecule has 0 saturated carbocycles. The molecule has 0 atom stereocenters. The number of fused-ring (bicyclic) bond motifs is 1. The van der Waals surface area contributed by atoms with E-state index in [0.717, 1.165) is 26.5 Å². The molecule has 6 heteroatoms. The van der Waals surface area contributed by atoms with Crippen LogP contribution in [-0.4, -0.2) is 10.9 Å². The molecule has 3 nitrogen and oxygen atoms in total. The summed E-state index contributed by atoms with van der Waals surface area (Å²) >= 11 is 13.6. The second-order valence-corrected chi connectivity index (χ2v) is 7.32. The number of rotatable bonds is 3. The number of nitrogens with zero attached hydrogens (tertiary/aromatic N) is 1. The highest BCUT2D eigenvalue weighted by Crippen LogP contribution is 2.34. The van der Waals surface area contributed by atoms with Gasteiger partial charge in [-0.2, -0.15) is 0 Å². The van der Waals surface area contributed by atoms with Gasteiger partial charge in [0.1, 0.15) is 5.01 Å². The summed E-state index contributed by atoms with van der Waals surface area (Å²) in [6.07, 6.45) is 0. The maximum Gasteiger partial charge on any atom is 0.226 e.